The number of carbonyl (C=O) groups is 2. The number of rotatable bonds is 3. The summed E-state index contributed by atoms with van der Waals surface area (Å²) in [5.41, 5.74) is 2.30. The van der Waals surface area contributed by atoms with Crippen molar-refractivity contribution in [3.05, 3.63) is 70.9 Å². The van der Waals surface area contributed by atoms with E-state index in [1.165, 1.54) is 4.90 Å². The van der Waals surface area contributed by atoms with Gasteiger partial charge in [0.25, 0.3) is 11.8 Å². The third-order valence-electron chi connectivity index (χ3n) is 5.18. The van der Waals surface area contributed by atoms with Gasteiger partial charge in [0.15, 0.2) is 0 Å². The number of amides is 2. The van der Waals surface area contributed by atoms with Crippen molar-refractivity contribution in [1.29, 1.82) is 0 Å². The average molecular weight is 381 g/mol. The lowest BCUT2D eigenvalue weighted by atomic mass is 9.98. The maximum absolute atomic E-state index is 13.4. The summed E-state index contributed by atoms with van der Waals surface area (Å²) in [6, 6.07) is 16.2. The van der Waals surface area contributed by atoms with Crippen LogP contribution in [0.4, 0.5) is 5.69 Å². The quantitative estimate of drug-likeness (QED) is 0.743. The van der Waals surface area contributed by atoms with Crippen LogP contribution in [0.25, 0.3) is 5.57 Å². The molecule has 2 aliphatic heterocycles. The predicted octanol–water partition coefficient (Wildman–Crippen LogP) is 4.36. The van der Waals surface area contributed by atoms with E-state index in [0.717, 1.165) is 31.5 Å². The summed E-state index contributed by atoms with van der Waals surface area (Å²) < 4.78 is 0. The molecule has 1 saturated heterocycles. The molecule has 0 spiro atoms. The number of imide groups is 1. The summed E-state index contributed by atoms with van der Waals surface area (Å²) in [6.45, 7) is 3.76. The van der Waals surface area contributed by atoms with Crippen LogP contribution in [-0.2, 0) is 9.59 Å². The van der Waals surface area contributed by atoms with Crippen LogP contribution in [0.5, 0.6) is 0 Å². The van der Waals surface area contributed by atoms with E-state index in [-0.39, 0.29) is 11.8 Å². The lowest BCUT2D eigenvalue weighted by Gasteiger charge is -2.33. The van der Waals surface area contributed by atoms with Crippen LogP contribution in [0.1, 0.15) is 25.3 Å². The lowest BCUT2D eigenvalue weighted by Crippen LogP contribution is -2.39. The molecule has 5 heteroatoms. The number of nitrogens with zero attached hydrogens (tertiary/aromatic N) is 2. The zero-order valence-corrected chi connectivity index (χ0v) is 15.9. The highest BCUT2D eigenvalue weighted by atomic mass is 35.5. The lowest BCUT2D eigenvalue weighted by molar-refractivity contribution is -0.120. The third-order valence-corrected chi connectivity index (χ3v) is 5.43. The predicted molar refractivity (Wildman–Crippen MR) is 107 cm³/mol. The van der Waals surface area contributed by atoms with Gasteiger partial charge in [-0.1, -0.05) is 48.9 Å². The second-order valence-corrected chi connectivity index (χ2v) is 7.64. The Morgan fingerprint density at radius 1 is 0.963 bits per heavy atom. The van der Waals surface area contributed by atoms with Crippen LogP contribution < -0.4 is 4.90 Å². The topological polar surface area (TPSA) is 40.6 Å². The number of piperidine rings is 1. The van der Waals surface area contributed by atoms with E-state index in [4.69, 9.17) is 11.6 Å². The van der Waals surface area contributed by atoms with Gasteiger partial charge in [-0.2, -0.15) is 0 Å². The molecule has 4 rings (SSSR count). The van der Waals surface area contributed by atoms with Gasteiger partial charge in [-0.05, 0) is 48.6 Å². The molecule has 2 amide bonds. The van der Waals surface area contributed by atoms with Crippen molar-refractivity contribution < 1.29 is 9.59 Å². The first-order chi connectivity index (χ1) is 13.1. The largest absolute Gasteiger partial charge is 0.366 e. The summed E-state index contributed by atoms with van der Waals surface area (Å²) in [4.78, 5) is 30.1. The standard InChI is InChI=1S/C22H21ClN2O2/c1-15-6-5-13-24(14-15)20-19(16-9-11-17(23)12-10-16)21(26)25(22(20)27)18-7-3-2-4-8-18/h2-4,7-12,15H,5-6,13-14H2,1H3. The molecule has 0 saturated carbocycles. The molecule has 1 unspecified atom stereocenters. The molecular weight excluding hydrogens is 360 g/mol. The minimum atomic E-state index is -0.276. The van der Waals surface area contributed by atoms with Crippen LogP contribution in [0, 0.1) is 5.92 Å². The highest BCUT2D eigenvalue weighted by molar-refractivity contribution is 6.45. The molecule has 2 heterocycles. The zero-order valence-electron chi connectivity index (χ0n) is 15.2. The number of benzene rings is 2. The van der Waals surface area contributed by atoms with E-state index in [0.29, 0.717) is 27.9 Å². The molecule has 2 aromatic carbocycles. The van der Waals surface area contributed by atoms with Gasteiger partial charge in [0.2, 0.25) is 0 Å². The fraction of sp³-hybridized carbons (Fsp3) is 0.273. The average Bonchev–Trinajstić information content (AvgIpc) is 2.93. The molecule has 1 atom stereocenters. The van der Waals surface area contributed by atoms with Gasteiger partial charge in [-0.3, -0.25) is 9.59 Å². The Morgan fingerprint density at radius 2 is 1.67 bits per heavy atom. The van der Waals surface area contributed by atoms with Crippen LogP contribution in [-0.4, -0.2) is 29.8 Å². The molecule has 27 heavy (non-hydrogen) atoms. The third kappa shape index (κ3) is 3.26. The molecular formula is C22H21ClN2O2. The summed E-state index contributed by atoms with van der Waals surface area (Å²) in [5, 5.41) is 0.601. The molecule has 2 aliphatic rings. The molecule has 0 N–H and O–H groups in total. The first-order valence-electron chi connectivity index (χ1n) is 9.25. The van der Waals surface area contributed by atoms with Crippen molar-refractivity contribution in [2.24, 2.45) is 5.92 Å². The Morgan fingerprint density at radius 3 is 2.33 bits per heavy atom. The monoisotopic (exact) mass is 380 g/mol. The Hall–Kier alpha value is -2.59. The molecule has 0 aromatic heterocycles. The van der Waals surface area contributed by atoms with Crippen molar-refractivity contribution in [3.63, 3.8) is 0 Å². The van der Waals surface area contributed by atoms with E-state index >= 15 is 0 Å². The smallest absolute Gasteiger partial charge is 0.282 e. The van der Waals surface area contributed by atoms with Gasteiger partial charge in [-0.15, -0.1) is 0 Å². The molecule has 4 nitrogen and oxygen atoms in total. The van der Waals surface area contributed by atoms with Crippen molar-refractivity contribution in [2.45, 2.75) is 19.8 Å². The molecule has 2 aromatic rings. The number of para-hydroxylation sites is 1. The van der Waals surface area contributed by atoms with E-state index in [2.05, 4.69) is 11.8 Å². The summed E-state index contributed by atoms with van der Waals surface area (Å²) in [6.07, 6.45) is 2.16. The minimum absolute atomic E-state index is 0.245. The van der Waals surface area contributed by atoms with E-state index in [1.54, 1.807) is 24.3 Å². The van der Waals surface area contributed by atoms with Crippen molar-refractivity contribution in [3.8, 4) is 0 Å². The number of carbonyl (C=O) groups excluding carboxylic acids is 2. The van der Waals surface area contributed by atoms with Gasteiger partial charge >= 0.3 is 0 Å². The summed E-state index contributed by atoms with van der Waals surface area (Å²) in [7, 11) is 0. The highest BCUT2D eigenvalue weighted by Crippen LogP contribution is 2.36. The van der Waals surface area contributed by atoms with Gasteiger partial charge in [0.1, 0.15) is 5.70 Å². The number of anilines is 1. The van der Waals surface area contributed by atoms with E-state index in [1.807, 2.05) is 30.3 Å². The highest BCUT2D eigenvalue weighted by Gasteiger charge is 2.43. The maximum Gasteiger partial charge on any atom is 0.282 e. The molecule has 138 valence electrons. The number of halogens is 1. The van der Waals surface area contributed by atoms with Gasteiger partial charge in [-0.25, -0.2) is 4.90 Å². The van der Waals surface area contributed by atoms with Crippen LogP contribution in [0.3, 0.4) is 0 Å². The summed E-state index contributed by atoms with van der Waals surface area (Å²) in [5.74, 6) is -0.0293. The van der Waals surface area contributed by atoms with Gasteiger partial charge in [0, 0.05) is 18.1 Å². The maximum atomic E-state index is 13.4. The number of hydrogen-bond donors (Lipinski definition) is 0. The minimum Gasteiger partial charge on any atom is -0.366 e. The molecule has 0 radical (unpaired) electrons. The summed E-state index contributed by atoms with van der Waals surface area (Å²) >= 11 is 6.02. The van der Waals surface area contributed by atoms with Gasteiger partial charge < -0.3 is 4.90 Å². The first-order valence-corrected chi connectivity index (χ1v) is 9.63. The first kappa shape index (κ1) is 17.8. The molecule has 0 bridgehead atoms. The number of likely N-dealkylation sites (tertiary alicyclic amines) is 1. The SMILES string of the molecule is CC1CCCN(C2=C(c3ccc(Cl)cc3)C(=O)N(c3ccccc3)C2=O)C1. The van der Waals surface area contributed by atoms with Gasteiger partial charge in [0.05, 0.1) is 11.3 Å². The van der Waals surface area contributed by atoms with Crippen molar-refractivity contribution in [2.75, 3.05) is 18.0 Å². The zero-order chi connectivity index (χ0) is 19.0. The Bertz CT molecular complexity index is 906. The number of hydrogen-bond acceptors (Lipinski definition) is 3. The Labute approximate surface area is 164 Å². The Balaban J connectivity index is 1.83. The van der Waals surface area contributed by atoms with Crippen LogP contribution in [0.15, 0.2) is 60.3 Å². The van der Waals surface area contributed by atoms with E-state index in [9.17, 15) is 9.59 Å². The van der Waals surface area contributed by atoms with Crippen LogP contribution >= 0.6 is 11.6 Å². The Kier molecular flexibility index (Phi) is 4.75. The normalized spacial score (nSPS) is 20.6. The van der Waals surface area contributed by atoms with E-state index < -0.39 is 0 Å². The molecule has 0 aliphatic carbocycles. The second-order valence-electron chi connectivity index (χ2n) is 7.21. The molecule has 1 fully saturated rings. The van der Waals surface area contributed by atoms with Crippen molar-refractivity contribution in [1.82, 2.24) is 4.90 Å². The second kappa shape index (κ2) is 7.20. The van der Waals surface area contributed by atoms with Crippen molar-refractivity contribution >= 4 is 34.7 Å². The fourth-order valence-electron chi connectivity index (χ4n) is 3.89. The van der Waals surface area contributed by atoms with Crippen LogP contribution in [0.2, 0.25) is 5.02 Å². The fourth-order valence-corrected chi connectivity index (χ4v) is 4.02.